The third kappa shape index (κ3) is 4.28. The van der Waals surface area contributed by atoms with Gasteiger partial charge in [0.2, 0.25) is 5.82 Å². The molecule has 0 amide bonds. The zero-order valence-electron chi connectivity index (χ0n) is 10.4. The van der Waals surface area contributed by atoms with Crippen molar-refractivity contribution in [2.24, 2.45) is 0 Å². The zero-order chi connectivity index (χ0) is 14.6. The Morgan fingerprint density at radius 2 is 1.60 bits per heavy atom. The summed E-state index contributed by atoms with van der Waals surface area (Å²) < 4.78 is 39.7. The summed E-state index contributed by atoms with van der Waals surface area (Å²) in [5, 5.41) is 0. The summed E-state index contributed by atoms with van der Waals surface area (Å²) >= 11 is 0. The highest BCUT2D eigenvalue weighted by Crippen LogP contribution is 2.22. The first kappa shape index (κ1) is 13.9. The predicted molar refractivity (Wildman–Crippen MR) is 65.9 cm³/mol. The van der Waals surface area contributed by atoms with Gasteiger partial charge in [0.05, 0.1) is 0 Å². The van der Waals surface area contributed by atoms with Crippen LogP contribution in [-0.4, -0.2) is 16.3 Å². The van der Waals surface area contributed by atoms with Crippen LogP contribution < -0.4 is 4.74 Å². The molecule has 0 atom stereocenters. The molecule has 1 aromatic heterocycles. The summed E-state index contributed by atoms with van der Waals surface area (Å²) in [4.78, 5) is 8.00. The van der Waals surface area contributed by atoms with Crippen LogP contribution in [0.15, 0.2) is 36.7 Å². The lowest BCUT2D eigenvalue weighted by Crippen LogP contribution is -2.16. The van der Waals surface area contributed by atoms with Crippen LogP contribution >= 0.6 is 0 Å². The first-order chi connectivity index (χ1) is 9.42. The summed E-state index contributed by atoms with van der Waals surface area (Å²) in [6, 6.07) is 5.27. The summed E-state index contributed by atoms with van der Waals surface area (Å²) in [6.07, 6.45) is -1.42. The van der Waals surface area contributed by atoms with Gasteiger partial charge in [0.15, 0.2) is 0 Å². The van der Waals surface area contributed by atoms with Crippen LogP contribution in [0.2, 0.25) is 0 Å². The molecule has 3 nitrogen and oxygen atoms in total. The fourth-order valence-corrected chi connectivity index (χ4v) is 1.33. The van der Waals surface area contributed by atoms with Crippen LogP contribution in [0.1, 0.15) is 17.0 Å². The molecule has 2 rings (SSSR count). The summed E-state index contributed by atoms with van der Waals surface area (Å²) in [7, 11) is 0. The Morgan fingerprint density at radius 1 is 1.00 bits per heavy atom. The van der Waals surface area contributed by atoms with E-state index in [0.29, 0.717) is 11.4 Å². The monoisotopic (exact) mass is 278 g/mol. The van der Waals surface area contributed by atoms with Crippen molar-refractivity contribution in [2.45, 2.75) is 13.3 Å². The number of aryl methyl sites for hydroxylation is 1. The molecule has 20 heavy (non-hydrogen) atoms. The highest BCUT2D eigenvalue weighted by atomic mass is 19.4. The maximum atomic E-state index is 12.0. The quantitative estimate of drug-likeness (QED) is 0.752. The Hall–Kier alpha value is -2.55. The number of aromatic nitrogens is 2. The van der Waals surface area contributed by atoms with Gasteiger partial charge in [-0.1, -0.05) is 5.92 Å². The number of halogens is 3. The number of nitrogens with zero attached hydrogens (tertiary/aromatic N) is 2. The minimum absolute atomic E-state index is 0.283. The van der Waals surface area contributed by atoms with Crippen molar-refractivity contribution in [3.63, 3.8) is 0 Å². The third-order valence-electron chi connectivity index (χ3n) is 2.19. The van der Waals surface area contributed by atoms with E-state index in [9.17, 15) is 13.2 Å². The summed E-state index contributed by atoms with van der Waals surface area (Å²) in [6.45, 7) is 1.86. The van der Waals surface area contributed by atoms with E-state index in [4.69, 9.17) is 0 Å². The fraction of sp³-hybridized carbons (Fsp3) is 0.143. The second-order valence-corrected chi connectivity index (χ2v) is 3.91. The molecular formula is C14H9F3N2O. The van der Waals surface area contributed by atoms with Crippen LogP contribution in [0.5, 0.6) is 5.75 Å². The van der Waals surface area contributed by atoms with Crippen molar-refractivity contribution in [3.8, 4) is 17.6 Å². The molecule has 0 aliphatic heterocycles. The molecule has 2 aromatic rings. The fourth-order valence-electron chi connectivity index (χ4n) is 1.33. The number of ether oxygens (including phenoxy) is 1. The van der Waals surface area contributed by atoms with Gasteiger partial charge in [-0.2, -0.15) is 0 Å². The molecule has 102 valence electrons. The predicted octanol–water partition coefficient (Wildman–Crippen LogP) is 3.08. The lowest BCUT2D eigenvalue weighted by atomic mass is 10.2. The lowest BCUT2D eigenvalue weighted by Gasteiger charge is -2.07. The molecule has 0 spiro atoms. The first-order valence-electron chi connectivity index (χ1n) is 5.59. The van der Waals surface area contributed by atoms with Crippen molar-refractivity contribution in [2.75, 3.05) is 0 Å². The Bertz CT molecular complexity index is 637. The first-order valence-corrected chi connectivity index (χ1v) is 5.59. The van der Waals surface area contributed by atoms with E-state index in [1.54, 1.807) is 12.4 Å². The molecule has 0 aliphatic carbocycles. The van der Waals surface area contributed by atoms with Crippen molar-refractivity contribution >= 4 is 0 Å². The normalized spacial score (nSPS) is 10.6. The topological polar surface area (TPSA) is 35.0 Å². The lowest BCUT2D eigenvalue weighted by molar-refractivity contribution is -0.274. The minimum Gasteiger partial charge on any atom is -0.406 e. The van der Waals surface area contributed by atoms with E-state index in [1.807, 2.05) is 6.92 Å². The van der Waals surface area contributed by atoms with Gasteiger partial charge in [0.1, 0.15) is 5.75 Å². The number of alkyl halides is 3. The Balaban J connectivity index is 2.10. The van der Waals surface area contributed by atoms with Crippen molar-refractivity contribution in [1.29, 1.82) is 0 Å². The highest BCUT2D eigenvalue weighted by molar-refractivity contribution is 5.40. The maximum absolute atomic E-state index is 12.0. The van der Waals surface area contributed by atoms with Gasteiger partial charge >= 0.3 is 6.36 Å². The zero-order valence-corrected chi connectivity index (χ0v) is 10.4. The molecular weight excluding hydrogens is 269 g/mol. The largest absolute Gasteiger partial charge is 0.573 e. The van der Waals surface area contributed by atoms with Crippen LogP contribution in [0.3, 0.4) is 0 Å². The molecule has 0 aliphatic rings. The molecule has 1 aromatic carbocycles. The Labute approximate surface area is 113 Å². The second kappa shape index (κ2) is 5.61. The Morgan fingerprint density at radius 3 is 2.15 bits per heavy atom. The average molecular weight is 278 g/mol. The van der Waals surface area contributed by atoms with E-state index < -0.39 is 6.36 Å². The molecule has 0 bridgehead atoms. The number of hydrogen-bond acceptors (Lipinski definition) is 3. The van der Waals surface area contributed by atoms with Gasteiger partial charge in [0, 0.05) is 18.0 Å². The average Bonchev–Trinajstić information content (AvgIpc) is 2.38. The number of hydrogen-bond donors (Lipinski definition) is 0. The smallest absolute Gasteiger partial charge is 0.406 e. The van der Waals surface area contributed by atoms with Gasteiger partial charge in [-0.15, -0.1) is 13.2 Å². The molecule has 6 heteroatoms. The van der Waals surface area contributed by atoms with Gasteiger partial charge in [-0.3, -0.25) is 0 Å². The molecule has 0 radical (unpaired) electrons. The van der Waals surface area contributed by atoms with E-state index in [-0.39, 0.29) is 5.75 Å². The van der Waals surface area contributed by atoms with Crippen molar-refractivity contribution in [1.82, 2.24) is 9.97 Å². The van der Waals surface area contributed by atoms with E-state index in [1.165, 1.54) is 24.3 Å². The maximum Gasteiger partial charge on any atom is 0.573 e. The molecule has 0 unspecified atom stereocenters. The SMILES string of the molecule is Cc1cnc(C#Cc2ccc(OC(F)(F)F)cc2)nc1. The second-order valence-electron chi connectivity index (χ2n) is 3.91. The van der Waals surface area contributed by atoms with Crippen LogP contribution in [0, 0.1) is 18.8 Å². The van der Waals surface area contributed by atoms with Crippen LogP contribution in [-0.2, 0) is 0 Å². The third-order valence-corrected chi connectivity index (χ3v) is 2.19. The van der Waals surface area contributed by atoms with E-state index >= 15 is 0 Å². The molecule has 0 fully saturated rings. The summed E-state index contributed by atoms with van der Waals surface area (Å²) in [5.74, 6) is 5.55. The standard InChI is InChI=1S/C14H9F3N2O/c1-10-8-18-13(19-9-10)7-4-11-2-5-12(6-3-11)20-14(15,16)17/h2-3,5-6,8-9H,1H3. The van der Waals surface area contributed by atoms with Crippen LogP contribution in [0.4, 0.5) is 13.2 Å². The number of benzene rings is 1. The molecule has 0 N–H and O–H groups in total. The van der Waals surface area contributed by atoms with Crippen molar-refractivity contribution < 1.29 is 17.9 Å². The summed E-state index contributed by atoms with van der Waals surface area (Å²) in [5.41, 5.74) is 1.47. The van der Waals surface area contributed by atoms with Gasteiger partial charge in [-0.05, 0) is 42.7 Å². The van der Waals surface area contributed by atoms with E-state index in [0.717, 1.165) is 5.56 Å². The van der Waals surface area contributed by atoms with E-state index in [2.05, 4.69) is 26.5 Å². The van der Waals surface area contributed by atoms with Gasteiger partial charge in [-0.25, -0.2) is 9.97 Å². The van der Waals surface area contributed by atoms with Gasteiger partial charge < -0.3 is 4.74 Å². The van der Waals surface area contributed by atoms with Crippen LogP contribution in [0.25, 0.3) is 0 Å². The Kier molecular flexibility index (Phi) is 3.89. The molecule has 0 saturated carbocycles. The molecule has 1 heterocycles. The van der Waals surface area contributed by atoms with Gasteiger partial charge in [0.25, 0.3) is 0 Å². The highest BCUT2D eigenvalue weighted by Gasteiger charge is 2.30. The van der Waals surface area contributed by atoms with Crippen molar-refractivity contribution in [3.05, 3.63) is 53.6 Å². The number of rotatable bonds is 1. The molecule has 0 saturated heterocycles. The minimum atomic E-state index is -4.69.